The molecule has 1 fully saturated rings. The fraction of sp³-hybridized carbons (Fsp3) is 0.348. The molecule has 0 aromatic heterocycles. The van der Waals surface area contributed by atoms with Crippen LogP contribution >= 0.6 is 0 Å². The number of fused-ring (bicyclic) bond motifs is 1. The van der Waals surface area contributed by atoms with Crippen molar-refractivity contribution >= 4 is 12.0 Å². The second kappa shape index (κ2) is 9.58. The topological polar surface area (TPSA) is 54.0 Å². The zero-order chi connectivity index (χ0) is 19.9. The van der Waals surface area contributed by atoms with E-state index in [0.29, 0.717) is 13.1 Å². The Labute approximate surface area is 171 Å². The van der Waals surface area contributed by atoms with Crippen LogP contribution in [0.5, 0.6) is 11.5 Å². The van der Waals surface area contributed by atoms with Crippen molar-refractivity contribution in [2.24, 2.45) is 0 Å². The number of rotatable bonds is 7. The molecule has 0 bridgehead atoms. The summed E-state index contributed by atoms with van der Waals surface area (Å²) in [5.74, 6) is 1.71. The van der Waals surface area contributed by atoms with E-state index in [0.717, 1.165) is 49.8 Å². The van der Waals surface area contributed by atoms with Gasteiger partial charge in [0.25, 0.3) is 0 Å². The Hall–Kier alpha value is -2.83. The molecule has 1 saturated heterocycles. The van der Waals surface area contributed by atoms with Crippen LogP contribution in [-0.4, -0.2) is 61.8 Å². The van der Waals surface area contributed by atoms with Gasteiger partial charge in [0, 0.05) is 39.3 Å². The van der Waals surface area contributed by atoms with E-state index in [2.05, 4.69) is 34.5 Å². The number of nitrogens with zero attached hydrogens (tertiary/aromatic N) is 2. The average molecular weight is 393 g/mol. The smallest absolute Gasteiger partial charge is 0.236 e. The minimum absolute atomic E-state index is 0.158. The zero-order valence-corrected chi connectivity index (χ0v) is 16.5. The van der Waals surface area contributed by atoms with Gasteiger partial charge in [0.2, 0.25) is 12.7 Å². The van der Waals surface area contributed by atoms with Crippen LogP contribution in [0.3, 0.4) is 0 Å². The van der Waals surface area contributed by atoms with E-state index in [9.17, 15) is 4.79 Å². The Bertz CT molecular complexity index is 846. The van der Waals surface area contributed by atoms with E-state index in [1.54, 1.807) is 0 Å². The molecule has 1 amide bonds. The molecule has 6 nitrogen and oxygen atoms in total. The molecule has 29 heavy (non-hydrogen) atoms. The summed E-state index contributed by atoms with van der Waals surface area (Å²) in [6.45, 7) is 5.56. The van der Waals surface area contributed by atoms with Crippen molar-refractivity contribution in [3.8, 4) is 11.5 Å². The minimum atomic E-state index is 0.158. The third-order valence-corrected chi connectivity index (χ3v) is 5.24. The van der Waals surface area contributed by atoms with E-state index in [1.807, 2.05) is 41.3 Å². The number of carbonyl (C=O) groups excluding carboxylic acids is 1. The van der Waals surface area contributed by atoms with Crippen LogP contribution in [0.1, 0.15) is 11.1 Å². The largest absolute Gasteiger partial charge is 0.454 e. The Morgan fingerprint density at radius 1 is 1.00 bits per heavy atom. The number of hydrogen-bond acceptors (Lipinski definition) is 5. The fourth-order valence-electron chi connectivity index (χ4n) is 3.56. The normalized spacial score (nSPS) is 16.5. The van der Waals surface area contributed by atoms with Crippen LogP contribution in [-0.2, 0) is 11.3 Å². The summed E-state index contributed by atoms with van der Waals surface area (Å²) in [5, 5.41) is 3.24. The van der Waals surface area contributed by atoms with Gasteiger partial charge in [0.05, 0.1) is 6.54 Å². The lowest BCUT2D eigenvalue weighted by Crippen LogP contribution is -2.50. The summed E-state index contributed by atoms with van der Waals surface area (Å²) in [6, 6.07) is 16.2. The van der Waals surface area contributed by atoms with Gasteiger partial charge in [0.15, 0.2) is 11.5 Å². The summed E-state index contributed by atoms with van der Waals surface area (Å²) >= 11 is 0. The predicted molar refractivity (Wildman–Crippen MR) is 113 cm³/mol. The molecule has 2 aliphatic heterocycles. The molecule has 6 heteroatoms. The molecule has 0 atom stereocenters. The molecule has 1 N–H and O–H groups in total. The number of ether oxygens (including phenoxy) is 2. The summed E-state index contributed by atoms with van der Waals surface area (Å²) in [6.07, 6.45) is 4.34. The Kier molecular flexibility index (Phi) is 6.44. The van der Waals surface area contributed by atoms with E-state index < -0.39 is 0 Å². The van der Waals surface area contributed by atoms with Gasteiger partial charge >= 0.3 is 0 Å². The van der Waals surface area contributed by atoms with Crippen molar-refractivity contribution in [1.82, 2.24) is 15.1 Å². The molecule has 0 saturated carbocycles. The highest BCUT2D eigenvalue weighted by Crippen LogP contribution is 2.32. The van der Waals surface area contributed by atoms with Crippen LogP contribution in [0.2, 0.25) is 0 Å². The summed E-state index contributed by atoms with van der Waals surface area (Å²) in [7, 11) is 0. The van der Waals surface area contributed by atoms with Gasteiger partial charge in [-0.15, -0.1) is 0 Å². The molecule has 2 aromatic rings. The van der Waals surface area contributed by atoms with Crippen LogP contribution in [0, 0.1) is 0 Å². The van der Waals surface area contributed by atoms with Gasteiger partial charge < -0.3 is 19.7 Å². The molecule has 0 aliphatic carbocycles. The molecular formula is C23H27N3O3. The highest BCUT2D eigenvalue weighted by Gasteiger charge is 2.20. The van der Waals surface area contributed by atoms with E-state index in [1.165, 1.54) is 5.56 Å². The number of carbonyl (C=O) groups is 1. The molecule has 2 heterocycles. The van der Waals surface area contributed by atoms with Crippen molar-refractivity contribution in [3.05, 3.63) is 65.7 Å². The number of hydrogen-bond donors (Lipinski definition) is 1. The van der Waals surface area contributed by atoms with Crippen LogP contribution in [0.25, 0.3) is 6.08 Å². The van der Waals surface area contributed by atoms with Gasteiger partial charge in [-0.05, 0) is 23.3 Å². The van der Waals surface area contributed by atoms with Crippen LogP contribution in [0.4, 0.5) is 0 Å². The van der Waals surface area contributed by atoms with Crippen LogP contribution < -0.4 is 14.8 Å². The molecule has 2 aromatic carbocycles. The predicted octanol–water partition coefficient (Wildman–Crippen LogP) is 2.36. The minimum Gasteiger partial charge on any atom is -0.454 e. The SMILES string of the molecule is O=C(CNCc1ccc2c(c1)OCO2)N1CCN(C/C=C/c2ccccc2)CC1. The second-order valence-electron chi connectivity index (χ2n) is 7.29. The lowest BCUT2D eigenvalue weighted by Gasteiger charge is -2.34. The summed E-state index contributed by atoms with van der Waals surface area (Å²) in [4.78, 5) is 16.8. The van der Waals surface area contributed by atoms with Gasteiger partial charge in [-0.25, -0.2) is 0 Å². The van der Waals surface area contributed by atoms with Crippen molar-refractivity contribution in [1.29, 1.82) is 0 Å². The third kappa shape index (κ3) is 5.37. The summed E-state index contributed by atoms with van der Waals surface area (Å²) in [5.41, 5.74) is 2.30. The second-order valence-corrected chi connectivity index (χ2v) is 7.29. The lowest BCUT2D eigenvalue weighted by molar-refractivity contribution is -0.131. The van der Waals surface area contributed by atoms with Crippen molar-refractivity contribution in [2.45, 2.75) is 6.54 Å². The molecular weight excluding hydrogens is 366 g/mol. The first-order valence-corrected chi connectivity index (χ1v) is 10.1. The van der Waals surface area contributed by atoms with Crippen molar-refractivity contribution in [2.75, 3.05) is 46.1 Å². The highest BCUT2D eigenvalue weighted by molar-refractivity contribution is 5.78. The maximum atomic E-state index is 12.5. The average Bonchev–Trinajstić information content (AvgIpc) is 3.23. The van der Waals surface area contributed by atoms with E-state index in [4.69, 9.17) is 9.47 Å². The molecule has 2 aliphatic rings. The molecule has 0 unspecified atom stereocenters. The fourth-order valence-corrected chi connectivity index (χ4v) is 3.56. The first-order chi connectivity index (χ1) is 14.3. The monoisotopic (exact) mass is 393 g/mol. The van der Waals surface area contributed by atoms with E-state index >= 15 is 0 Å². The van der Waals surface area contributed by atoms with E-state index in [-0.39, 0.29) is 12.7 Å². The first-order valence-electron chi connectivity index (χ1n) is 10.1. The molecule has 0 radical (unpaired) electrons. The summed E-state index contributed by atoms with van der Waals surface area (Å²) < 4.78 is 10.7. The van der Waals surface area contributed by atoms with Gasteiger partial charge in [-0.2, -0.15) is 0 Å². The highest BCUT2D eigenvalue weighted by atomic mass is 16.7. The van der Waals surface area contributed by atoms with Gasteiger partial charge in [-0.1, -0.05) is 48.6 Å². The number of amides is 1. The van der Waals surface area contributed by atoms with Crippen LogP contribution in [0.15, 0.2) is 54.6 Å². The maximum Gasteiger partial charge on any atom is 0.236 e. The van der Waals surface area contributed by atoms with Gasteiger partial charge in [-0.3, -0.25) is 9.69 Å². The number of benzene rings is 2. The quantitative estimate of drug-likeness (QED) is 0.783. The van der Waals surface area contributed by atoms with Crippen molar-refractivity contribution < 1.29 is 14.3 Å². The Morgan fingerprint density at radius 3 is 2.62 bits per heavy atom. The molecule has 0 spiro atoms. The first kappa shape index (κ1) is 19.5. The zero-order valence-electron chi connectivity index (χ0n) is 16.5. The molecule has 4 rings (SSSR count). The van der Waals surface area contributed by atoms with Crippen molar-refractivity contribution in [3.63, 3.8) is 0 Å². The maximum absolute atomic E-state index is 12.5. The standard InChI is InChI=1S/C23H27N3O3/c27-23(17-24-16-20-8-9-21-22(15-20)29-18-28-21)26-13-11-25(12-14-26)10-4-7-19-5-2-1-3-6-19/h1-9,15,24H,10-14,16-18H2/b7-4+. The number of nitrogens with one attached hydrogen (secondary N) is 1. The third-order valence-electron chi connectivity index (χ3n) is 5.24. The lowest BCUT2D eigenvalue weighted by atomic mass is 10.2. The Balaban J connectivity index is 1.15. The number of piperazine rings is 1. The van der Waals surface area contributed by atoms with Gasteiger partial charge in [0.1, 0.15) is 0 Å². The Morgan fingerprint density at radius 2 is 1.79 bits per heavy atom. The molecule has 152 valence electrons.